The summed E-state index contributed by atoms with van der Waals surface area (Å²) >= 11 is 0. The number of benzene rings is 2. The summed E-state index contributed by atoms with van der Waals surface area (Å²) in [7, 11) is 1.68. The molecule has 0 aliphatic carbocycles. The Morgan fingerprint density at radius 1 is 1.04 bits per heavy atom. The molecule has 0 unspecified atom stereocenters. The van der Waals surface area contributed by atoms with Crippen molar-refractivity contribution in [1.29, 1.82) is 0 Å². The smallest absolute Gasteiger partial charge is 0.274 e. The number of methoxy groups -OCH3 is 1. The molecular weight excluding hydrogens is 350 g/mol. The number of anilines is 2. The van der Waals surface area contributed by atoms with Gasteiger partial charge in [0.05, 0.1) is 7.11 Å². The maximum absolute atomic E-state index is 12.6. The van der Waals surface area contributed by atoms with Crippen LogP contribution < -0.4 is 15.4 Å². The molecule has 0 atom stereocenters. The van der Waals surface area contributed by atoms with Crippen molar-refractivity contribution in [2.75, 3.05) is 24.3 Å². The highest BCUT2D eigenvalue weighted by Crippen LogP contribution is 2.19. The fourth-order valence-corrected chi connectivity index (χ4v) is 3.05. The average molecular weight is 375 g/mol. The number of aryl methyl sites for hydroxylation is 1. The van der Waals surface area contributed by atoms with E-state index in [0.29, 0.717) is 5.69 Å². The first-order chi connectivity index (χ1) is 13.7. The van der Waals surface area contributed by atoms with Gasteiger partial charge in [0.2, 0.25) is 0 Å². The monoisotopic (exact) mass is 375 g/mol. The van der Waals surface area contributed by atoms with Crippen molar-refractivity contribution in [3.8, 4) is 5.75 Å². The van der Waals surface area contributed by atoms with Crippen molar-refractivity contribution >= 4 is 17.3 Å². The molecule has 0 aliphatic rings. The molecular formula is C23H25N3O2. The third-order valence-electron chi connectivity index (χ3n) is 4.56. The summed E-state index contributed by atoms with van der Waals surface area (Å²) in [6.07, 6.45) is 3.32. The van der Waals surface area contributed by atoms with Crippen LogP contribution in [0, 0.1) is 0 Å². The van der Waals surface area contributed by atoms with Gasteiger partial charge in [-0.2, -0.15) is 0 Å². The molecule has 0 aliphatic heterocycles. The standard InChI is InChI=1S/C23H25N3O2/c1-3-17-8-4-6-10-20(17)26-23(27)21-16-19(13-15-25-21)24-14-12-18-9-5-7-11-22(18)28-2/h4-11,13,15-16H,3,12,14H2,1-2H3,(H,24,25)(H,26,27). The van der Waals surface area contributed by atoms with Gasteiger partial charge in [0.1, 0.15) is 11.4 Å². The van der Waals surface area contributed by atoms with Crippen LogP contribution in [0.4, 0.5) is 11.4 Å². The molecule has 2 N–H and O–H groups in total. The molecule has 5 heteroatoms. The van der Waals surface area contributed by atoms with Crippen LogP contribution in [0.15, 0.2) is 66.9 Å². The minimum absolute atomic E-state index is 0.214. The second kappa shape index (κ2) is 9.55. The third-order valence-corrected chi connectivity index (χ3v) is 4.56. The van der Waals surface area contributed by atoms with Crippen LogP contribution in [-0.2, 0) is 12.8 Å². The number of ether oxygens (including phenoxy) is 1. The van der Waals surface area contributed by atoms with E-state index in [0.717, 1.165) is 47.6 Å². The second-order valence-corrected chi connectivity index (χ2v) is 6.38. The van der Waals surface area contributed by atoms with Crippen molar-refractivity contribution in [1.82, 2.24) is 4.98 Å². The van der Waals surface area contributed by atoms with E-state index in [1.807, 2.05) is 48.5 Å². The molecule has 0 spiro atoms. The Kier molecular flexibility index (Phi) is 6.63. The molecule has 2 aromatic carbocycles. The van der Waals surface area contributed by atoms with Crippen LogP contribution in [0.25, 0.3) is 0 Å². The number of amides is 1. The number of nitrogens with zero attached hydrogens (tertiary/aromatic N) is 1. The van der Waals surface area contributed by atoms with Gasteiger partial charge in [0.15, 0.2) is 0 Å². The van der Waals surface area contributed by atoms with Gasteiger partial charge >= 0.3 is 0 Å². The van der Waals surface area contributed by atoms with Gasteiger partial charge < -0.3 is 15.4 Å². The molecule has 0 fully saturated rings. The van der Waals surface area contributed by atoms with E-state index in [2.05, 4.69) is 28.6 Å². The van der Waals surface area contributed by atoms with Crippen molar-refractivity contribution in [2.24, 2.45) is 0 Å². The molecule has 144 valence electrons. The number of aromatic nitrogens is 1. The number of hydrogen-bond donors (Lipinski definition) is 2. The maximum Gasteiger partial charge on any atom is 0.274 e. The summed E-state index contributed by atoms with van der Waals surface area (Å²) in [4.78, 5) is 16.8. The summed E-state index contributed by atoms with van der Waals surface area (Å²) in [6.45, 7) is 2.79. The predicted molar refractivity (Wildman–Crippen MR) is 113 cm³/mol. The van der Waals surface area contributed by atoms with Crippen LogP contribution >= 0.6 is 0 Å². The molecule has 3 rings (SSSR count). The summed E-state index contributed by atoms with van der Waals surface area (Å²) in [5.41, 5.74) is 4.31. The fraction of sp³-hybridized carbons (Fsp3) is 0.217. The van der Waals surface area contributed by atoms with Crippen molar-refractivity contribution in [3.05, 3.63) is 83.7 Å². The van der Waals surface area contributed by atoms with E-state index in [4.69, 9.17) is 4.74 Å². The van der Waals surface area contributed by atoms with Crippen molar-refractivity contribution in [3.63, 3.8) is 0 Å². The molecule has 28 heavy (non-hydrogen) atoms. The molecule has 0 radical (unpaired) electrons. The van der Waals surface area contributed by atoms with Gasteiger partial charge in [0, 0.05) is 24.1 Å². The molecule has 1 aromatic heterocycles. The molecule has 0 saturated carbocycles. The minimum Gasteiger partial charge on any atom is -0.496 e. The van der Waals surface area contributed by atoms with Crippen LogP contribution in [-0.4, -0.2) is 24.5 Å². The lowest BCUT2D eigenvalue weighted by Gasteiger charge is -2.11. The van der Waals surface area contributed by atoms with Gasteiger partial charge in [0.25, 0.3) is 5.91 Å². The van der Waals surface area contributed by atoms with Crippen molar-refractivity contribution < 1.29 is 9.53 Å². The first-order valence-corrected chi connectivity index (χ1v) is 9.42. The second-order valence-electron chi connectivity index (χ2n) is 6.38. The summed E-state index contributed by atoms with van der Waals surface area (Å²) in [6, 6.07) is 19.4. The van der Waals surface area contributed by atoms with Crippen LogP contribution in [0.2, 0.25) is 0 Å². The van der Waals surface area contributed by atoms with E-state index in [1.54, 1.807) is 19.4 Å². The van der Waals surface area contributed by atoms with Gasteiger partial charge in [-0.1, -0.05) is 43.3 Å². The lowest BCUT2D eigenvalue weighted by atomic mass is 10.1. The lowest BCUT2D eigenvalue weighted by Crippen LogP contribution is -2.15. The molecule has 5 nitrogen and oxygen atoms in total. The topological polar surface area (TPSA) is 63.2 Å². The predicted octanol–water partition coefficient (Wildman–Crippen LogP) is 4.56. The first-order valence-electron chi connectivity index (χ1n) is 9.42. The number of para-hydroxylation sites is 2. The van der Waals surface area contributed by atoms with Gasteiger partial charge in [-0.25, -0.2) is 0 Å². The summed E-state index contributed by atoms with van der Waals surface area (Å²) in [5.74, 6) is 0.669. The molecule has 3 aromatic rings. The Morgan fingerprint density at radius 2 is 1.79 bits per heavy atom. The molecule has 0 bridgehead atoms. The lowest BCUT2D eigenvalue weighted by molar-refractivity contribution is 0.102. The normalized spacial score (nSPS) is 10.4. The number of pyridine rings is 1. The Morgan fingerprint density at radius 3 is 2.57 bits per heavy atom. The zero-order valence-electron chi connectivity index (χ0n) is 16.2. The highest BCUT2D eigenvalue weighted by atomic mass is 16.5. The van der Waals surface area contributed by atoms with E-state index in [-0.39, 0.29) is 5.91 Å². The zero-order chi connectivity index (χ0) is 19.8. The van der Waals surface area contributed by atoms with Crippen LogP contribution in [0.3, 0.4) is 0 Å². The van der Waals surface area contributed by atoms with Crippen LogP contribution in [0.5, 0.6) is 5.75 Å². The summed E-state index contributed by atoms with van der Waals surface area (Å²) < 4.78 is 5.38. The fourth-order valence-electron chi connectivity index (χ4n) is 3.05. The maximum atomic E-state index is 12.6. The highest BCUT2D eigenvalue weighted by Gasteiger charge is 2.10. The van der Waals surface area contributed by atoms with Gasteiger partial charge in [-0.3, -0.25) is 9.78 Å². The summed E-state index contributed by atoms with van der Waals surface area (Å²) in [5, 5.41) is 6.31. The van der Waals surface area contributed by atoms with Gasteiger partial charge in [-0.15, -0.1) is 0 Å². The highest BCUT2D eigenvalue weighted by molar-refractivity contribution is 6.03. The van der Waals surface area contributed by atoms with Crippen LogP contribution in [0.1, 0.15) is 28.5 Å². The number of nitrogens with one attached hydrogen (secondary N) is 2. The quantitative estimate of drug-likeness (QED) is 0.606. The minimum atomic E-state index is -0.214. The number of hydrogen-bond acceptors (Lipinski definition) is 4. The van der Waals surface area contributed by atoms with Crippen molar-refractivity contribution in [2.45, 2.75) is 19.8 Å². The zero-order valence-corrected chi connectivity index (χ0v) is 16.2. The number of rotatable bonds is 8. The first kappa shape index (κ1) is 19.4. The number of carbonyl (C=O) groups excluding carboxylic acids is 1. The molecule has 1 amide bonds. The average Bonchev–Trinajstić information content (AvgIpc) is 2.74. The largest absolute Gasteiger partial charge is 0.496 e. The van der Waals surface area contributed by atoms with E-state index in [9.17, 15) is 4.79 Å². The SMILES string of the molecule is CCc1ccccc1NC(=O)c1cc(NCCc2ccccc2OC)ccn1. The van der Waals surface area contributed by atoms with Gasteiger partial charge in [-0.05, 0) is 48.2 Å². The Balaban J connectivity index is 1.62. The molecule has 0 saturated heterocycles. The van der Waals surface area contributed by atoms with E-state index < -0.39 is 0 Å². The molecule has 1 heterocycles. The Bertz CT molecular complexity index is 940. The third kappa shape index (κ3) is 4.88. The van der Waals surface area contributed by atoms with E-state index in [1.165, 1.54) is 0 Å². The Labute approximate surface area is 165 Å². The van der Waals surface area contributed by atoms with E-state index >= 15 is 0 Å². The Hall–Kier alpha value is -3.34. The number of carbonyl (C=O) groups is 1.